The molecule has 5 aromatic rings. The van der Waals surface area contributed by atoms with Crippen molar-refractivity contribution < 1.29 is 5.11 Å². The number of fused-ring (bicyclic) bond motifs is 1. The van der Waals surface area contributed by atoms with E-state index >= 15 is 0 Å². The molecule has 0 fully saturated rings. The third-order valence-electron chi connectivity index (χ3n) is 4.40. The van der Waals surface area contributed by atoms with E-state index < -0.39 is 0 Å². The van der Waals surface area contributed by atoms with Gasteiger partial charge in [0.2, 0.25) is 0 Å². The van der Waals surface area contributed by atoms with Gasteiger partial charge in [0.25, 0.3) is 0 Å². The molecule has 132 valence electrons. The molecule has 0 aliphatic heterocycles. The van der Waals surface area contributed by atoms with E-state index in [-0.39, 0.29) is 5.75 Å². The zero-order valence-corrected chi connectivity index (χ0v) is 15.2. The van der Waals surface area contributed by atoms with Gasteiger partial charge in [-0.15, -0.1) is 11.3 Å². The Kier molecular flexibility index (Phi) is 3.54. The maximum Gasteiger partial charge on any atom is 0.149 e. The number of nitrogens with zero attached hydrogens (tertiary/aromatic N) is 4. The van der Waals surface area contributed by atoms with Crippen LogP contribution in [0.5, 0.6) is 5.75 Å². The fourth-order valence-corrected chi connectivity index (χ4v) is 4.34. The van der Waals surface area contributed by atoms with Crippen LogP contribution in [0, 0.1) is 6.92 Å². The van der Waals surface area contributed by atoms with Crippen molar-refractivity contribution in [1.29, 1.82) is 0 Å². The number of thiazole rings is 1. The van der Waals surface area contributed by atoms with E-state index in [9.17, 15) is 5.11 Å². The number of aryl methyl sites for hydroxylation is 1. The summed E-state index contributed by atoms with van der Waals surface area (Å²) in [6.07, 6.45) is 5.30. The molecule has 6 nitrogen and oxygen atoms in total. The zero-order valence-electron chi connectivity index (χ0n) is 14.4. The molecule has 4 aromatic heterocycles. The number of aromatic amines is 1. The van der Waals surface area contributed by atoms with Gasteiger partial charge in [0, 0.05) is 30.2 Å². The first kappa shape index (κ1) is 15.8. The summed E-state index contributed by atoms with van der Waals surface area (Å²) in [6.45, 7) is 1.95. The summed E-state index contributed by atoms with van der Waals surface area (Å²) in [6, 6.07) is 13.4. The lowest BCUT2D eigenvalue weighted by atomic mass is 10.1. The summed E-state index contributed by atoms with van der Waals surface area (Å²) in [5.74, 6) is 0.990. The number of nitrogens with one attached hydrogen (secondary N) is 1. The van der Waals surface area contributed by atoms with Crippen molar-refractivity contribution in [3.8, 4) is 38.3 Å². The largest absolute Gasteiger partial charge is 0.508 e. The first-order valence-corrected chi connectivity index (χ1v) is 9.26. The van der Waals surface area contributed by atoms with Gasteiger partial charge in [-0.1, -0.05) is 30.3 Å². The fourth-order valence-electron chi connectivity index (χ4n) is 3.19. The second-order valence-corrected chi connectivity index (χ2v) is 7.17. The summed E-state index contributed by atoms with van der Waals surface area (Å²) in [5.41, 5.74) is 4.52. The predicted octanol–water partition coefficient (Wildman–Crippen LogP) is 4.53. The lowest BCUT2D eigenvalue weighted by Crippen LogP contribution is -1.85. The van der Waals surface area contributed by atoms with E-state index in [1.807, 2.05) is 43.5 Å². The minimum atomic E-state index is 0.203. The molecule has 27 heavy (non-hydrogen) atoms. The smallest absolute Gasteiger partial charge is 0.149 e. The molecule has 4 heterocycles. The van der Waals surface area contributed by atoms with Gasteiger partial charge in [-0.3, -0.25) is 0 Å². The number of benzene rings is 1. The minimum absolute atomic E-state index is 0.203. The Morgan fingerprint density at radius 1 is 1.15 bits per heavy atom. The monoisotopic (exact) mass is 373 g/mol. The number of rotatable bonds is 3. The van der Waals surface area contributed by atoms with Crippen molar-refractivity contribution in [2.24, 2.45) is 0 Å². The van der Waals surface area contributed by atoms with Crippen LogP contribution >= 0.6 is 11.3 Å². The second-order valence-electron chi connectivity index (χ2n) is 6.18. The van der Waals surface area contributed by atoms with Crippen molar-refractivity contribution in [2.75, 3.05) is 0 Å². The molecular formula is C20H15N5OS. The molecule has 2 N–H and O–H groups in total. The number of aromatic hydroxyl groups is 1. The van der Waals surface area contributed by atoms with Gasteiger partial charge in [-0.25, -0.2) is 14.5 Å². The van der Waals surface area contributed by atoms with E-state index in [0.29, 0.717) is 0 Å². The first-order chi connectivity index (χ1) is 13.2. The number of H-pyrrole nitrogens is 1. The lowest BCUT2D eigenvalue weighted by molar-refractivity contribution is 0.475. The molecule has 5 rings (SSSR count). The van der Waals surface area contributed by atoms with Crippen LogP contribution in [0.25, 0.3) is 38.0 Å². The molecule has 0 unspecified atom stereocenters. The highest BCUT2D eigenvalue weighted by molar-refractivity contribution is 7.19. The van der Waals surface area contributed by atoms with E-state index in [0.717, 1.165) is 43.7 Å². The van der Waals surface area contributed by atoms with Crippen molar-refractivity contribution in [3.05, 3.63) is 66.7 Å². The number of imidazole rings is 1. The molecule has 0 aliphatic rings. The lowest BCUT2D eigenvalue weighted by Gasteiger charge is -1.99. The van der Waals surface area contributed by atoms with Crippen LogP contribution in [-0.4, -0.2) is 29.7 Å². The minimum Gasteiger partial charge on any atom is -0.508 e. The molecule has 1 aromatic carbocycles. The average Bonchev–Trinajstić information content (AvgIpc) is 3.39. The second kappa shape index (κ2) is 6.07. The highest BCUT2D eigenvalue weighted by Gasteiger charge is 2.21. The van der Waals surface area contributed by atoms with Crippen molar-refractivity contribution >= 4 is 16.9 Å². The van der Waals surface area contributed by atoms with E-state index in [1.165, 1.54) is 0 Å². The summed E-state index contributed by atoms with van der Waals surface area (Å²) >= 11 is 1.56. The molecule has 7 heteroatoms. The topological polar surface area (TPSA) is 79.1 Å². The molecule has 0 amide bonds. The quantitative estimate of drug-likeness (QED) is 0.487. The highest BCUT2D eigenvalue weighted by Crippen LogP contribution is 2.41. The number of pyridine rings is 1. The molecular weight excluding hydrogens is 358 g/mol. The van der Waals surface area contributed by atoms with E-state index in [2.05, 4.69) is 15.1 Å². The van der Waals surface area contributed by atoms with Crippen molar-refractivity contribution in [3.63, 3.8) is 0 Å². The summed E-state index contributed by atoms with van der Waals surface area (Å²) < 4.78 is 1.76. The number of aromatic nitrogens is 5. The summed E-state index contributed by atoms with van der Waals surface area (Å²) in [5, 5.41) is 15.3. The Bertz CT molecular complexity index is 1240. The van der Waals surface area contributed by atoms with Gasteiger partial charge in [0.15, 0.2) is 0 Å². The van der Waals surface area contributed by atoms with Crippen molar-refractivity contribution in [2.45, 2.75) is 6.92 Å². The van der Waals surface area contributed by atoms with Gasteiger partial charge in [-0.05, 0) is 13.0 Å². The Hall–Kier alpha value is -3.45. The van der Waals surface area contributed by atoms with E-state index in [1.54, 1.807) is 40.4 Å². The molecule has 0 bridgehead atoms. The van der Waals surface area contributed by atoms with Crippen LogP contribution in [0.4, 0.5) is 0 Å². The summed E-state index contributed by atoms with van der Waals surface area (Å²) in [4.78, 5) is 13.5. The molecule has 0 saturated heterocycles. The zero-order chi connectivity index (χ0) is 18.4. The third-order valence-corrected chi connectivity index (χ3v) is 5.47. The summed E-state index contributed by atoms with van der Waals surface area (Å²) in [7, 11) is 0. The maximum atomic E-state index is 9.93. The Labute approximate surface area is 158 Å². The maximum absolute atomic E-state index is 9.93. The van der Waals surface area contributed by atoms with Crippen LogP contribution in [-0.2, 0) is 0 Å². The average molecular weight is 373 g/mol. The molecule has 0 saturated carbocycles. The number of hydrogen-bond donors (Lipinski definition) is 2. The van der Waals surface area contributed by atoms with E-state index in [4.69, 9.17) is 4.98 Å². The van der Waals surface area contributed by atoms with Gasteiger partial charge in [-0.2, -0.15) is 5.10 Å². The van der Waals surface area contributed by atoms with Crippen LogP contribution < -0.4 is 0 Å². The SMILES string of the molecule is Cc1nn2ccc(O)cc2c1-c1nc(-c2ccccc2)c(-c2ncc[nH]2)s1. The number of hydrogen-bond acceptors (Lipinski definition) is 5. The first-order valence-electron chi connectivity index (χ1n) is 8.45. The van der Waals surface area contributed by atoms with Crippen LogP contribution in [0.15, 0.2) is 61.1 Å². The van der Waals surface area contributed by atoms with Gasteiger partial charge >= 0.3 is 0 Å². The normalized spacial score (nSPS) is 11.3. The van der Waals surface area contributed by atoms with Gasteiger partial charge in [0.1, 0.15) is 16.6 Å². The third kappa shape index (κ3) is 2.60. The molecule has 0 aliphatic carbocycles. The Morgan fingerprint density at radius 3 is 2.78 bits per heavy atom. The standard InChI is InChI=1S/C20H15N5OS/c1-12-16(15-11-14(26)7-10-25(15)24-12)20-23-17(13-5-3-2-4-6-13)18(27-20)19-21-8-9-22-19/h2-11,26H,1H3,(H,21,22). The van der Waals surface area contributed by atoms with Crippen LogP contribution in [0.2, 0.25) is 0 Å². The Morgan fingerprint density at radius 2 is 2.00 bits per heavy atom. The van der Waals surface area contributed by atoms with Gasteiger partial charge < -0.3 is 10.1 Å². The molecule has 0 atom stereocenters. The van der Waals surface area contributed by atoms with Crippen LogP contribution in [0.3, 0.4) is 0 Å². The highest BCUT2D eigenvalue weighted by atomic mass is 32.1. The Balaban J connectivity index is 1.78. The van der Waals surface area contributed by atoms with Crippen LogP contribution in [0.1, 0.15) is 5.69 Å². The molecule has 0 spiro atoms. The fraction of sp³-hybridized carbons (Fsp3) is 0.0500. The van der Waals surface area contributed by atoms with Crippen molar-refractivity contribution in [1.82, 2.24) is 24.6 Å². The predicted molar refractivity (Wildman–Crippen MR) is 106 cm³/mol. The van der Waals surface area contributed by atoms with Gasteiger partial charge in [0.05, 0.1) is 27.3 Å². The molecule has 0 radical (unpaired) electrons.